The highest BCUT2D eigenvalue weighted by Gasteiger charge is 2.16. The third kappa shape index (κ3) is 3.67. The molecule has 0 aliphatic heterocycles. The summed E-state index contributed by atoms with van der Waals surface area (Å²) in [6, 6.07) is 14.6. The van der Waals surface area contributed by atoms with Gasteiger partial charge in [0.15, 0.2) is 15.5 Å². The van der Waals surface area contributed by atoms with Crippen LogP contribution in [0.15, 0.2) is 81.5 Å². The number of benzene rings is 1. The molecule has 0 bridgehead atoms. The van der Waals surface area contributed by atoms with E-state index in [-0.39, 0.29) is 17.1 Å². The second kappa shape index (κ2) is 7.68. The van der Waals surface area contributed by atoms with Crippen LogP contribution in [0.4, 0.5) is 0 Å². The molecule has 0 fully saturated rings. The lowest BCUT2D eigenvalue weighted by Gasteiger charge is -2.13. The minimum absolute atomic E-state index is 0.139. The number of hydrogen-bond acceptors (Lipinski definition) is 6. The van der Waals surface area contributed by atoms with Crippen LogP contribution in [0.5, 0.6) is 0 Å². The normalized spacial score (nSPS) is 11.6. The highest BCUT2D eigenvalue weighted by atomic mass is 32.2. The fraction of sp³-hybridized carbons (Fsp3) is 0.143. The SMILES string of the molecule is CS(=O)(=O)c1ccc(-n2c(=O)n(CCc3ccccn3)c(=O)c3cccnc32)cc1. The Labute approximate surface area is 172 Å². The first-order valence-corrected chi connectivity index (χ1v) is 11.1. The van der Waals surface area contributed by atoms with Crippen LogP contribution in [0.3, 0.4) is 0 Å². The molecule has 1 aromatic carbocycles. The van der Waals surface area contributed by atoms with E-state index in [4.69, 9.17) is 0 Å². The van der Waals surface area contributed by atoms with E-state index in [9.17, 15) is 18.0 Å². The predicted molar refractivity (Wildman–Crippen MR) is 113 cm³/mol. The molecule has 0 atom stereocenters. The van der Waals surface area contributed by atoms with Gasteiger partial charge in [-0.3, -0.25) is 14.3 Å². The molecule has 3 aromatic heterocycles. The number of sulfone groups is 1. The van der Waals surface area contributed by atoms with E-state index in [1.165, 1.54) is 35.0 Å². The van der Waals surface area contributed by atoms with Crippen molar-refractivity contribution in [3.05, 3.63) is 93.5 Å². The molecule has 0 aliphatic carbocycles. The molecule has 8 nitrogen and oxygen atoms in total. The van der Waals surface area contributed by atoms with Crippen LogP contribution in [-0.2, 0) is 22.8 Å². The molecule has 0 unspecified atom stereocenters. The number of pyridine rings is 2. The molecule has 3 heterocycles. The van der Waals surface area contributed by atoms with E-state index >= 15 is 0 Å². The van der Waals surface area contributed by atoms with E-state index in [0.29, 0.717) is 17.5 Å². The summed E-state index contributed by atoms with van der Waals surface area (Å²) in [4.78, 5) is 34.8. The predicted octanol–water partition coefficient (Wildman–Crippen LogP) is 1.59. The fourth-order valence-corrected chi connectivity index (χ4v) is 3.86. The van der Waals surface area contributed by atoms with Gasteiger partial charge in [-0.25, -0.2) is 22.8 Å². The molecule has 0 saturated carbocycles. The van der Waals surface area contributed by atoms with E-state index in [2.05, 4.69) is 9.97 Å². The smallest absolute Gasteiger partial charge is 0.268 e. The van der Waals surface area contributed by atoms with Gasteiger partial charge < -0.3 is 0 Å². The van der Waals surface area contributed by atoms with Gasteiger partial charge in [0, 0.05) is 37.3 Å². The van der Waals surface area contributed by atoms with Gasteiger partial charge in [0.2, 0.25) is 0 Å². The second-order valence-electron chi connectivity index (χ2n) is 6.79. The number of rotatable bonds is 5. The molecular formula is C21H18N4O4S. The van der Waals surface area contributed by atoms with E-state index in [0.717, 1.165) is 16.5 Å². The third-order valence-corrected chi connectivity index (χ3v) is 5.87. The summed E-state index contributed by atoms with van der Waals surface area (Å²) < 4.78 is 26.0. The molecular weight excluding hydrogens is 404 g/mol. The van der Waals surface area contributed by atoms with E-state index < -0.39 is 21.1 Å². The highest BCUT2D eigenvalue weighted by Crippen LogP contribution is 2.15. The zero-order valence-electron chi connectivity index (χ0n) is 16.1. The molecule has 0 amide bonds. The molecule has 0 spiro atoms. The molecule has 0 aliphatic rings. The number of aryl methyl sites for hydroxylation is 1. The van der Waals surface area contributed by atoms with Crippen LogP contribution in [0.1, 0.15) is 5.69 Å². The highest BCUT2D eigenvalue weighted by molar-refractivity contribution is 7.90. The van der Waals surface area contributed by atoms with Crippen molar-refractivity contribution in [2.45, 2.75) is 17.9 Å². The zero-order valence-corrected chi connectivity index (χ0v) is 16.9. The van der Waals surface area contributed by atoms with Gasteiger partial charge in [0.25, 0.3) is 5.56 Å². The van der Waals surface area contributed by atoms with Crippen molar-refractivity contribution in [2.75, 3.05) is 6.26 Å². The Balaban J connectivity index is 1.89. The maximum Gasteiger partial charge on any atom is 0.337 e. The number of aromatic nitrogens is 4. The van der Waals surface area contributed by atoms with Crippen molar-refractivity contribution in [2.24, 2.45) is 0 Å². The van der Waals surface area contributed by atoms with Crippen LogP contribution in [0, 0.1) is 0 Å². The minimum atomic E-state index is -3.37. The Morgan fingerprint density at radius 2 is 1.63 bits per heavy atom. The number of hydrogen-bond donors (Lipinski definition) is 0. The summed E-state index contributed by atoms with van der Waals surface area (Å²) in [7, 11) is -3.37. The monoisotopic (exact) mass is 422 g/mol. The van der Waals surface area contributed by atoms with Gasteiger partial charge in [-0.1, -0.05) is 6.07 Å². The second-order valence-corrected chi connectivity index (χ2v) is 8.80. The van der Waals surface area contributed by atoms with Gasteiger partial charge in [0.1, 0.15) is 0 Å². The first-order chi connectivity index (χ1) is 14.4. The summed E-state index contributed by atoms with van der Waals surface area (Å²) >= 11 is 0. The van der Waals surface area contributed by atoms with Gasteiger partial charge in [0.05, 0.1) is 16.0 Å². The first-order valence-electron chi connectivity index (χ1n) is 9.17. The summed E-state index contributed by atoms with van der Waals surface area (Å²) in [6.45, 7) is 0.154. The van der Waals surface area contributed by atoms with Crippen LogP contribution in [-0.4, -0.2) is 33.8 Å². The molecule has 4 aromatic rings. The molecule has 152 valence electrons. The summed E-state index contributed by atoms with van der Waals surface area (Å²) in [5.74, 6) is 0. The molecule has 30 heavy (non-hydrogen) atoms. The Bertz CT molecular complexity index is 1440. The van der Waals surface area contributed by atoms with Crippen molar-refractivity contribution in [3.8, 4) is 5.69 Å². The lowest BCUT2D eigenvalue weighted by atomic mass is 10.2. The topological polar surface area (TPSA) is 104 Å². The molecule has 4 rings (SSSR count). The van der Waals surface area contributed by atoms with Crippen molar-refractivity contribution in [1.82, 2.24) is 19.1 Å². The largest absolute Gasteiger partial charge is 0.337 e. The summed E-state index contributed by atoms with van der Waals surface area (Å²) in [6.07, 6.45) is 4.68. The van der Waals surface area contributed by atoms with E-state index in [1.807, 2.05) is 12.1 Å². The van der Waals surface area contributed by atoms with Crippen molar-refractivity contribution in [1.29, 1.82) is 0 Å². The number of nitrogens with zero attached hydrogens (tertiary/aromatic N) is 4. The Kier molecular flexibility index (Phi) is 5.04. The average molecular weight is 422 g/mol. The molecule has 0 saturated heterocycles. The van der Waals surface area contributed by atoms with Crippen LogP contribution in [0.2, 0.25) is 0 Å². The lowest BCUT2D eigenvalue weighted by Crippen LogP contribution is -2.40. The summed E-state index contributed by atoms with van der Waals surface area (Å²) in [5, 5.41) is 0.297. The van der Waals surface area contributed by atoms with Gasteiger partial charge in [-0.2, -0.15) is 0 Å². The first kappa shape index (κ1) is 19.7. The van der Waals surface area contributed by atoms with E-state index in [1.54, 1.807) is 24.4 Å². The molecule has 9 heteroatoms. The van der Waals surface area contributed by atoms with Gasteiger partial charge in [-0.15, -0.1) is 0 Å². The molecule has 0 radical (unpaired) electrons. The van der Waals surface area contributed by atoms with Crippen LogP contribution >= 0.6 is 0 Å². The number of fused-ring (bicyclic) bond motifs is 1. The Hall–Kier alpha value is -3.59. The average Bonchev–Trinajstić information content (AvgIpc) is 2.74. The fourth-order valence-electron chi connectivity index (χ4n) is 3.23. The third-order valence-electron chi connectivity index (χ3n) is 4.74. The van der Waals surface area contributed by atoms with Gasteiger partial charge in [-0.05, 0) is 48.5 Å². The maximum absolute atomic E-state index is 13.3. The lowest BCUT2D eigenvalue weighted by molar-refractivity contribution is 0.601. The minimum Gasteiger partial charge on any atom is -0.268 e. The van der Waals surface area contributed by atoms with Crippen molar-refractivity contribution in [3.63, 3.8) is 0 Å². The quantitative estimate of drug-likeness (QED) is 0.484. The van der Waals surface area contributed by atoms with Crippen molar-refractivity contribution < 1.29 is 8.42 Å². The Morgan fingerprint density at radius 3 is 2.30 bits per heavy atom. The zero-order chi connectivity index (χ0) is 21.3. The Morgan fingerprint density at radius 1 is 0.900 bits per heavy atom. The van der Waals surface area contributed by atoms with Crippen molar-refractivity contribution >= 4 is 20.9 Å². The molecule has 0 N–H and O–H groups in total. The van der Waals surface area contributed by atoms with Gasteiger partial charge >= 0.3 is 5.69 Å². The van der Waals surface area contributed by atoms with Crippen LogP contribution in [0.25, 0.3) is 16.7 Å². The standard InChI is InChI=1S/C21H18N4O4S/c1-30(28,29)17-9-7-16(8-10-17)25-19-18(6-4-13-23-19)20(26)24(21(25)27)14-11-15-5-2-3-12-22-15/h2-10,12-13H,11,14H2,1H3. The van der Waals surface area contributed by atoms with Crippen LogP contribution < -0.4 is 11.2 Å². The maximum atomic E-state index is 13.3. The summed E-state index contributed by atoms with van der Waals surface area (Å²) in [5.41, 5.74) is 0.424.